The van der Waals surface area contributed by atoms with Gasteiger partial charge in [-0.15, -0.1) is 12.4 Å². The van der Waals surface area contributed by atoms with Gasteiger partial charge in [0.05, 0.1) is 6.54 Å². The number of hydrogen-bond acceptors (Lipinski definition) is 3. The molecule has 0 aromatic carbocycles. The molecule has 2 unspecified atom stereocenters. The summed E-state index contributed by atoms with van der Waals surface area (Å²) in [7, 11) is 0. The van der Waals surface area contributed by atoms with Crippen molar-refractivity contribution in [2.75, 3.05) is 13.1 Å². The van der Waals surface area contributed by atoms with Crippen LogP contribution in [0.25, 0.3) is 0 Å². The van der Waals surface area contributed by atoms with Crippen molar-refractivity contribution >= 4 is 24.2 Å². The van der Waals surface area contributed by atoms with Crippen LogP contribution >= 0.6 is 12.4 Å². The van der Waals surface area contributed by atoms with E-state index in [2.05, 4.69) is 10.6 Å². The predicted octanol–water partition coefficient (Wildman–Crippen LogP) is 1.20. The Hall–Kier alpha value is -0.810. The number of hydrogen-bond donors (Lipinski definition) is 3. The fraction of sp³-hybridized carbons (Fsp3) is 0.857. The quantitative estimate of drug-likeness (QED) is 0.730. The van der Waals surface area contributed by atoms with Gasteiger partial charge in [0.15, 0.2) is 0 Å². The number of nitrogens with two attached hydrogens (primary N) is 1. The molecular weight excluding hydrogens is 278 g/mol. The van der Waals surface area contributed by atoms with E-state index in [0.29, 0.717) is 12.5 Å². The monoisotopic (exact) mass is 305 g/mol. The molecule has 0 heterocycles. The molecule has 0 aromatic rings. The van der Waals surface area contributed by atoms with Crippen LogP contribution in [0.2, 0.25) is 0 Å². The van der Waals surface area contributed by atoms with Crippen molar-refractivity contribution in [3.8, 4) is 0 Å². The van der Waals surface area contributed by atoms with E-state index in [1.54, 1.807) is 0 Å². The molecule has 5 nitrogen and oxygen atoms in total. The number of carbonyl (C=O) groups is 2. The molecule has 2 atom stereocenters. The number of carbonyl (C=O) groups excluding carboxylic acids is 2. The summed E-state index contributed by atoms with van der Waals surface area (Å²) in [6.45, 7) is 6.13. The second-order valence-corrected chi connectivity index (χ2v) is 6.39. The maximum absolute atomic E-state index is 11.8. The lowest BCUT2D eigenvalue weighted by atomic mass is 9.84. The predicted molar refractivity (Wildman–Crippen MR) is 82.7 cm³/mol. The lowest BCUT2D eigenvalue weighted by molar-refractivity contribution is -0.131. The van der Waals surface area contributed by atoms with Crippen molar-refractivity contribution in [2.45, 2.75) is 52.5 Å². The summed E-state index contributed by atoms with van der Waals surface area (Å²) in [5.74, 6) is 0.139. The molecule has 0 radical (unpaired) electrons. The van der Waals surface area contributed by atoms with E-state index in [0.717, 1.165) is 19.3 Å². The third kappa shape index (κ3) is 6.09. The van der Waals surface area contributed by atoms with Crippen LogP contribution in [0.4, 0.5) is 0 Å². The molecule has 0 saturated heterocycles. The van der Waals surface area contributed by atoms with E-state index in [-0.39, 0.29) is 36.8 Å². The Bertz CT molecular complexity index is 329. The first-order valence-corrected chi connectivity index (χ1v) is 7.12. The Balaban J connectivity index is 0.00000361. The van der Waals surface area contributed by atoms with E-state index in [4.69, 9.17) is 5.73 Å². The fourth-order valence-corrected chi connectivity index (χ4v) is 2.36. The fourth-order valence-electron chi connectivity index (χ4n) is 2.36. The van der Waals surface area contributed by atoms with E-state index >= 15 is 0 Å². The summed E-state index contributed by atoms with van der Waals surface area (Å²) < 4.78 is 0. The van der Waals surface area contributed by atoms with Crippen LogP contribution in [0.3, 0.4) is 0 Å². The molecule has 1 aliphatic carbocycles. The van der Waals surface area contributed by atoms with Gasteiger partial charge in [0.2, 0.25) is 11.8 Å². The molecule has 1 saturated carbocycles. The molecule has 0 spiro atoms. The highest BCUT2D eigenvalue weighted by atomic mass is 35.5. The average Bonchev–Trinajstić information content (AvgIpc) is 2.35. The molecule has 6 heteroatoms. The summed E-state index contributed by atoms with van der Waals surface area (Å²) in [6.07, 6.45) is 4.39. The highest BCUT2D eigenvalue weighted by Gasteiger charge is 2.26. The highest BCUT2D eigenvalue weighted by Crippen LogP contribution is 2.23. The van der Waals surface area contributed by atoms with Gasteiger partial charge in [-0.25, -0.2) is 0 Å². The Kier molecular flexibility index (Phi) is 8.13. The standard InChI is InChI=1S/C14H27N3O2.ClH/c1-14(2,3)13(19)16-9-12(18)17-11-7-5-4-6-10(11)8-15;/h10-11H,4-9,15H2,1-3H3,(H,16,19)(H,17,18);1H. The van der Waals surface area contributed by atoms with Crippen LogP contribution in [0.15, 0.2) is 0 Å². The minimum atomic E-state index is -0.467. The second-order valence-electron chi connectivity index (χ2n) is 6.39. The third-order valence-corrected chi connectivity index (χ3v) is 3.65. The molecule has 0 aromatic heterocycles. The molecular formula is C14H28ClN3O2. The normalized spacial score (nSPS) is 22.6. The van der Waals surface area contributed by atoms with Crippen LogP contribution in [0, 0.1) is 11.3 Å². The van der Waals surface area contributed by atoms with Gasteiger partial charge < -0.3 is 16.4 Å². The number of nitrogens with one attached hydrogen (secondary N) is 2. The van der Waals surface area contributed by atoms with E-state index in [1.165, 1.54) is 6.42 Å². The van der Waals surface area contributed by atoms with Gasteiger partial charge in [-0.2, -0.15) is 0 Å². The Morgan fingerprint density at radius 2 is 1.80 bits per heavy atom. The molecule has 20 heavy (non-hydrogen) atoms. The first-order valence-electron chi connectivity index (χ1n) is 7.12. The van der Waals surface area contributed by atoms with Crippen molar-refractivity contribution in [2.24, 2.45) is 17.1 Å². The SMILES string of the molecule is CC(C)(C)C(=O)NCC(=O)NC1CCCCC1CN.Cl. The highest BCUT2D eigenvalue weighted by molar-refractivity contribution is 5.87. The largest absolute Gasteiger partial charge is 0.352 e. The van der Waals surface area contributed by atoms with Crippen LogP contribution < -0.4 is 16.4 Å². The maximum atomic E-state index is 11.8. The lowest BCUT2D eigenvalue weighted by Crippen LogP contribution is -2.49. The van der Waals surface area contributed by atoms with Crippen molar-refractivity contribution < 1.29 is 9.59 Å². The topological polar surface area (TPSA) is 84.2 Å². The van der Waals surface area contributed by atoms with Gasteiger partial charge >= 0.3 is 0 Å². The summed E-state index contributed by atoms with van der Waals surface area (Å²) in [4.78, 5) is 23.5. The van der Waals surface area contributed by atoms with Gasteiger partial charge in [0.1, 0.15) is 0 Å². The van der Waals surface area contributed by atoms with E-state index < -0.39 is 5.41 Å². The minimum absolute atomic E-state index is 0. The van der Waals surface area contributed by atoms with Gasteiger partial charge in [-0.3, -0.25) is 9.59 Å². The van der Waals surface area contributed by atoms with Crippen LogP contribution in [-0.2, 0) is 9.59 Å². The molecule has 118 valence electrons. The van der Waals surface area contributed by atoms with E-state index in [9.17, 15) is 9.59 Å². The second kappa shape index (κ2) is 8.47. The number of amides is 2. The van der Waals surface area contributed by atoms with Gasteiger partial charge in [0, 0.05) is 11.5 Å². The zero-order chi connectivity index (χ0) is 14.5. The summed E-state index contributed by atoms with van der Waals surface area (Å²) in [5, 5.41) is 5.66. The third-order valence-electron chi connectivity index (χ3n) is 3.65. The average molecular weight is 306 g/mol. The van der Waals surface area contributed by atoms with Gasteiger partial charge in [0.25, 0.3) is 0 Å². The molecule has 1 aliphatic rings. The summed E-state index contributed by atoms with van der Waals surface area (Å²) >= 11 is 0. The Labute approximate surface area is 127 Å². The molecule has 1 fully saturated rings. The number of rotatable bonds is 4. The van der Waals surface area contributed by atoms with Crippen LogP contribution in [0.1, 0.15) is 46.5 Å². The van der Waals surface area contributed by atoms with Gasteiger partial charge in [-0.1, -0.05) is 33.6 Å². The smallest absolute Gasteiger partial charge is 0.239 e. The van der Waals surface area contributed by atoms with E-state index in [1.807, 2.05) is 20.8 Å². The zero-order valence-corrected chi connectivity index (χ0v) is 13.5. The summed E-state index contributed by atoms with van der Waals surface area (Å²) in [5.41, 5.74) is 5.26. The Morgan fingerprint density at radius 3 is 2.35 bits per heavy atom. The Morgan fingerprint density at radius 1 is 1.20 bits per heavy atom. The maximum Gasteiger partial charge on any atom is 0.239 e. The lowest BCUT2D eigenvalue weighted by Gasteiger charge is -2.31. The molecule has 4 N–H and O–H groups in total. The number of halogens is 1. The molecule has 0 aliphatic heterocycles. The van der Waals surface area contributed by atoms with Crippen molar-refractivity contribution in [3.63, 3.8) is 0 Å². The minimum Gasteiger partial charge on any atom is -0.352 e. The first kappa shape index (κ1) is 19.2. The van der Waals surface area contributed by atoms with Crippen molar-refractivity contribution in [1.82, 2.24) is 10.6 Å². The van der Waals surface area contributed by atoms with Crippen molar-refractivity contribution in [3.05, 3.63) is 0 Å². The zero-order valence-electron chi connectivity index (χ0n) is 12.7. The van der Waals surface area contributed by atoms with Gasteiger partial charge in [-0.05, 0) is 25.3 Å². The van der Waals surface area contributed by atoms with Crippen molar-refractivity contribution in [1.29, 1.82) is 0 Å². The summed E-state index contributed by atoms with van der Waals surface area (Å²) in [6, 6.07) is 0.165. The molecule has 2 amide bonds. The van der Waals surface area contributed by atoms with Crippen LogP contribution in [0.5, 0.6) is 0 Å². The van der Waals surface area contributed by atoms with Crippen LogP contribution in [-0.4, -0.2) is 30.9 Å². The first-order chi connectivity index (χ1) is 8.84. The molecule has 1 rings (SSSR count). The molecule has 0 bridgehead atoms.